The van der Waals surface area contributed by atoms with E-state index in [0.717, 1.165) is 29.6 Å². The van der Waals surface area contributed by atoms with Crippen LogP contribution in [0.15, 0.2) is 24.4 Å². The number of aryl methyl sites for hydroxylation is 1. The largest absolute Gasteiger partial charge is 0.478 e. The maximum atomic E-state index is 11.0. The second kappa shape index (κ2) is 4.59. The number of aromatic nitrogens is 1. The third-order valence-electron chi connectivity index (χ3n) is 2.92. The Morgan fingerprint density at radius 2 is 2.24 bits per heavy atom. The van der Waals surface area contributed by atoms with Gasteiger partial charge in [-0.05, 0) is 37.7 Å². The van der Waals surface area contributed by atoms with Crippen molar-refractivity contribution in [3.63, 3.8) is 0 Å². The number of nitrogens with one attached hydrogen (secondary N) is 1. The molecule has 0 spiro atoms. The van der Waals surface area contributed by atoms with Gasteiger partial charge in [0.2, 0.25) is 0 Å². The fraction of sp³-hybridized carbons (Fsp3) is 0.308. The normalized spacial score (nSPS) is 10.9. The molecule has 4 heteroatoms. The highest BCUT2D eigenvalue weighted by molar-refractivity contribution is 5.95. The second-order valence-electron chi connectivity index (χ2n) is 4.01. The van der Waals surface area contributed by atoms with E-state index in [9.17, 15) is 4.79 Å². The molecule has 1 aromatic heterocycles. The molecule has 2 rings (SSSR count). The van der Waals surface area contributed by atoms with E-state index >= 15 is 0 Å². The van der Waals surface area contributed by atoms with E-state index in [1.807, 2.05) is 13.1 Å². The Balaban J connectivity index is 2.64. The quantitative estimate of drug-likeness (QED) is 0.848. The van der Waals surface area contributed by atoms with Crippen molar-refractivity contribution in [2.24, 2.45) is 0 Å². The van der Waals surface area contributed by atoms with Crippen molar-refractivity contribution in [1.82, 2.24) is 9.88 Å². The Kier molecular flexibility index (Phi) is 3.15. The molecule has 1 heterocycles. The molecule has 2 N–H and O–H groups in total. The van der Waals surface area contributed by atoms with Gasteiger partial charge in [-0.15, -0.1) is 0 Å². The number of carboxylic acids is 1. The van der Waals surface area contributed by atoms with E-state index < -0.39 is 5.97 Å². The topological polar surface area (TPSA) is 54.3 Å². The van der Waals surface area contributed by atoms with Gasteiger partial charge in [-0.1, -0.05) is 0 Å². The van der Waals surface area contributed by atoms with Crippen LogP contribution in [0.25, 0.3) is 10.9 Å². The molecule has 0 radical (unpaired) electrons. The van der Waals surface area contributed by atoms with Crippen LogP contribution in [-0.2, 0) is 13.1 Å². The van der Waals surface area contributed by atoms with Crippen LogP contribution >= 0.6 is 0 Å². The summed E-state index contributed by atoms with van der Waals surface area (Å²) in [6.07, 6.45) is 2.08. The number of hydrogen-bond donors (Lipinski definition) is 2. The van der Waals surface area contributed by atoms with Gasteiger partial charge >= 0.3 is 5.97 Å². The molecule has 0 amide bonds. The van der Waals surface area contributed by atoms with Gasteiger partial charge in [-0.3, -0.25) is 0 Å². The second-order valence-corrected chi connectivity index (χ2v) is 4.01. The molecule has 0 saturated heterocycles. The zero-order valence-corrected chi connectivity index (χ0v) is 10.0. The minimum Gasteiger partial charge on any atom is -0.478 e. The lowest BCUT2D eigenvalue weighted by Gasteiger charge is -2.01. The van der Waals surface area contributed by atoms with E-state index in [0.29, 0.717) is 5.56 Å². The lowest BCUT2D eigenvalue weighted by atomic mass is 10.1. The van der Waals surface area contributed by atoms with Gasteiger partial charge in [0.25, 0.3) is 0 Å². The van der Waals surface area contributed by atoms with Crippen molar-refractivity contribution >= 4 is 16.9 Å². The zero-order chi connectivity index (χ0) is 12.4. The van der Waals surface area contributed by atoms with Crippen molar-refractivity contribution in [3.05, 3.63) is 35.5 Å². The Morgan fingerprint density at radius 3 is 2.82 bits per heavy atom. The number of rotatable bonds is 4. The first-order valence-electron chi connectivity index (χ1n) is 5.67. The third kappa shape index (κ3) is 2.03. The number of carboxylic acid groups (broad SMARTS) is 1. The van der Waals surface area contributed by atoms with Gasteiger partial charge in [0.05, 0.1) is 5.56 Å². The van der Waals surface area contributed by atoms with Crippen LogP contribution < -0.4 is 5.32 Å². The van der Waals surface area contributed by atoms with Crippen molar-refractivity contribution in [2.45, 2.75) is 20.0 Å². The number of hydrogen-bond acceptors (Lipinski definition) is 2. The maximum Gasteiger partial charge on any atom is 0.335 e. The molecule has 0 fully saturated rings. The molecule has 1 aromatic carbocycles. The van der Waals surface area contributed by atoms with Crippen LogP contribution in [0.5, 0.6) is 0 Å². The summed E-state index contributed by atoms with van der Waals surface area (Å²) >= 11 is 0. The van der Waals surface area contributed by atoms with Crippen molar-refractivity contribution in [2.75, 3.05) is 7.05 Å². The van der Waals surface area contributed by atoms with Crippen molar-refractivity contribution < 1.29 is 9.90 Å². The molecule has 17 heavy (non-hydrogen) atoms. The molecule has 4 nitrogen and oxygen atoms in total. The van der Waals surface area contributed by atoms with Crippen LogP contribution in [0.2, 0.25) is 0 Å². The summed E-state index contributed by atoms with van der Waals surface area (Å²) in [4.78, 5) is 11.0. The van der Waals surface area contributed by atoms with Gasteiger partial charge in [0.1, 0.15) is 0 Å². The van der Waals surface area contributed by atoms with Gasteiger partial charge in [0.15, 0.2) is 0 Å². The predicted molar refractivity (Wildman–Crippen MR) is 67.3 cm³/mol. The van der Waals surface area contributed by atoms with E-state index in [-0.39, 0.29) is 0 Å². The van der Waals surface area contributed by atoms with Gasteiger partial charge in [0, 0.05) is 30.2 Å². The van der Waals surface area contributed by atoms with Gasteiger partial charge in [-0.25, -0.2) is 4.79 Å². The molecule has 0 aliphatic rings. The standard InChI is InChI=1S/C13H16N2O2/c1-3-15-8-10(7-14-2)11-6-9(13(16)17)4-5-12(11)15/h4-6,8,14H,3,7H2,1-2H3,(H,16,17). The number of fused-ring (bicyclic) bond motifs is 1. The number of benzene rings is 1. The number of aromatic carboxylic acids is 1. The fourth-order valence-electron chi connectivity index (χ4n) is 2.10. The Hall–Kier alpha value is -1.81. The lowest BCUT2D eigenvalue weighted by Crippen LogP contribution is -2.04. The molecule has 0 saturated carbocycles. The molecule has 0 atom stereocenters. The lowest BCUT2D eigenvalue weighted by molar-refractivity contribution is 0.0697. The van der Waals surface area contributed by atoms with Gasteiger partial charge in [-0.2, -0.15) is 0 Å². The Labute approximate surface area is 99.9 Å². The molecule has 0 aliphatic carbocycles. The minimum absolute atomic E-state index is 0.337. The van der Waals surface area contributed by atoms with Crippen LogP contribution in [0.3, 0.4) is 0 Å². The minimum atomic E-state index is -0.883. The summed E-state index contributed by atoms with van der Waals surface area (Å²) in [6.45, 7) is 3.70. The van der Waals surface area contributed by atoms with Crippen LogP contribution in [0, 0.1) is 0 Å². The monoisotopic (exact) mass is 232 g/mol. The smallest absolute Gasteiger partial charge is 0.335 e. The highest BCUT2D eigenvalue weighted by atomic mass is 16.4. The number of carbonyl (C=O) groups is 1. The summed E-state index contributed by atoms with van der Waals surface area (Å²) in [5, 5.41) is 13.1. The van der Waals surface area contributed by atoms with E-state index in [2.05, 4.69) is 23.0 Å². The van der Waals surface area contributed by atoms with Crippen molar-refractivity contribution in [3.8, 4) is 0 Å². The summed E-state index contributed by atoms with van der Waals surface area (Å²) < 4.78 is 2.13. The average molecular weight is 232 g/mol. The first-order chi connectivity index (χ1) is 8.17. The summed E-state index contributed by atoms with van der Waals surface area (Å²) in [5.74, 6) is -0.883. The summed E-state index contributed by atoms with van der Waals surface area (Å²) in [7, 11) is 1.89. The maximum absolute atomic E-state index is 11.0. The Bertz CT molecular complexity index is 558. The first-order valence-corrected chi connectivity index (χ1v) is 5.67. The average Bonchev–Trinajstić information content (AvgIpc) is 2.67. The summed E-state index contributed by atoms with van der Waals surface area (Å²) in [5.41, 5.74) is 2.55. The zero-order valence-electron chi connectivity index (χ0n) is 10.0. The number of nitrogens with zero attached hydrogens (tertiary/aromatic N) is 1. The summed E-state index contributed by atoms with van der Waals surface area (Å²) in [6, 6.07) is 5.28. The molecule has 0 aliphatic heterocycles. The van der Waals surface area contributed by atoms with E-state index in [1.165, 1.54) is 0 Å². The SMILES string of the molecule is CCn1cc(CNC)c2cc(C(=O)O)ccc21. The molecular weight excluding hydrogens is 216 g/mol. The molecule has 2 aromatic rings. The molecular formula is C13H16N2O2. The highest BCUT2D eigenvalue weighted by Crippen LogP contribution is 2.23. The van der Waals surface area contributed by atoms with Crippen LogP contribution in [0.1, 0.15) is 22.8 Å². The molecule has 0 bridgehead atoms. The van der Waals surface area contributed by atoms with Crippen LogP contribution in [-0.4, -0.2) is 22.7 Å². The highest BCUT2D eigenvalue weighted by Gasteiger charge is 2.10. The first kappa shape index (κ1) is 11.7. The van der Waals surface area contributed by atoms with Crippen molar-refractivity contribution in [1.29, 1.82) is 0 Å². The fourth-order valence-corrected chi connectivity index (χ4v) is 2.10. The Morgan fingerprint density at radius 1 is 1.47 bits per heavy atom. The van der Waals surface area contributed by atoms with Crippen LogP contribution in [0.4, 0.5) is 0 Å². The van der Waals surface area contributed by atoms with Gasteiger partial charge < -0.3 is 15.0 Å². The van der Waals surface area contributed by atoms with E-state index in [4.69, 9.17) is 5.11 Å². The molecule has 90 valence electrons. The van der Waals surface area contributed by atoms with E-state index in [1.54, 1.807) is 12.1 Å². The predicted octanol–water partition coefficient (Wildman–Crippen LogP) is 2.08. The molecule has 0 unspecified atom stereocenters. The third-order valence-corrected chi connectivity index (χ3v) is 2.92.